The van der Waals surface area contributed by atoms with Crippen molar-refractivity contribution < 1.29 is 9.59 Å². The summed E-state index contributed by atoms with van der Waals surface area (Å²) in [5.74, 6) is -0.579. The summed E-state index contributed by atoms with van der Waals surface area (Å²) in [5, 5.41) is 2.99. The number of imide groups is 1. The Labute approximate surface area is 99.8 Å². The molecular formula is C12H15N3O2. The lowest BCUT2D eigenvalue weighted by Crippen LogP contribution is -2.52. The third-order valence-electron chi connectivity index (χ3n) is 2.86. The zero-order valence-corrected chi connectivity index (χ0v) is 10.2. The molecular weight excluding hydrogens is 218 g/mol. The molecule has 0 radical (unpaired) electrons. The minimum absolute atomic E-state index is 0.252. The van der Waals surface area contributed by atoms with Crippen LogP contribution in [0.3, 0.4) is 0 Å². The molecule has 0 aliphatic carbocycles. The number of pyridine rings is 1. The average molecular weight is 233 g/mol. The SMILES string of the molecule is CNCC(C)(C)N1C(=O)c2cccnc2C1=O. The zero-order chi connectivity index (χ0) is 12.6. The van der Waals surface area contributed by atoms with Gasteiger partial charge in [0.2, 0.25) is 0 Å². The highest BCUT2D eigenvalue weighted by Crippen LogP contribution is 2.27. The summed E-state index contributed by atoms with van der Waals surface area (Å²) in [5.41, 5.74) is 0.0761. The van der Waals surface area contributed by atoms with Crippen LogP contribution in [-0.2, 0) is 0 Å². The first-order valence-electron chi connectivity index (χ1n) is 5.47. The molecule has 0 spiro atoms. The maximum Gasteiger partial charge on any atom is 0.280 e. The molecule has 0 saturated heterocycles. The number of hydrogen-bond acceptors (Lipinski definition) is 4. The molecule has 0 bridgehead atoms. The van der Waals surface area contributed by atoms with Gasteiger partial charge in [-0.3, -0.25) is 19.5 Å². The van der Waals surface area contributed by atoms with Crippen molar-refractivity contribution in [2.45, 2.75) is 19.4 Å². The fourth-order valence-corrected chi connectivity index (χ4v) is 2.13. The van der Waals surface area contributed by atoms with E-state index in [1.807, 2.05) is 13.8 Å². The summed E-state index contributed by atoms with van der Waals surface area (Å²) < 4.78 is 0. The van der Waals surface area contributed by atoms with Crippen molar-refractivity contribution >= 4 is 11.8 Å². The van der Waals surface area contributed by atoms with Crippen molar-refractivity contribution in [1.29, 1.82) is 0 Å². The molecule has 2 heterocycles. The van der Waals surface area contributed by atoms with Crippen LogP contribution in [0.5, 0.6) is 0 Å². The highest BCUT2D eigenvalue weighted by Gasteiger charge is 2.44. The van der Waals surface area contributed by atoms with Gasteiger partial charge < -0.3 is 5.32 Å². The Hall–Kier alpha value is -1.75. The first-order valence-corrected chi connectivity index (χ1v) is 5.47. The van der Waals surface area contributed by atoms with Crippen LogP contribution in [-0.4, -0.2) is 40.8 Å². The molecule has 1 aliphatic heterocycles. The van der Waals surface area contributed by atoms with Crippen LogP contribution in [0, 0.1) is 0 Å². The first-order chi connectivity index (χ1) is 7.99. The Kier molecular flexibility index (Phi) is 2.71. The van der Waals surface area contributed by atoms with E-state index in [1.165, 1.54) is 11.1 Å². The van der Waals surface area contributed by atoms with Crippen LogP contribution in [0.4, 0.5) is 0 Å². The Bertz CT molecular complexity index is 447. The molecule has 0 aromatic carbocycles. The molecule has 0 unspecified atom stereocenters. The van der Waals surface area contributed by atoms with Crippen molar-refractivity contribution in [1.82, 2.24) is 15.2 Å². The molecule has 5 heteroatoms. The van der Waals surface area contributed by atoms with Crippen LogP contribution in [0.2, 0.25) is 0 Å². The van der Waals surface area contributed by atoms with Gasteiger partial charge in [-0.05, 0) is 33.0 Å². The second-order valence-corrected chi connectivity index (χ2v) is 4.69. The van der Waals surface area contributed by atoms with E-state index in [0.717, 1.165) is 0 Å². The number of fused-ring (bicyclic) bond motifs is 1. The van der Waals surface area contributed by atoms with Gasteiger partial charge in [-0.15, -0.1) is 0 Å². The quantitative estimate of drug-likeness (QED) is 0.780. The molecule has 2 rings (SSSR count). The predicted octanol–water partition coefficient (Wildman–Crippen LogP) is 0.676. The molecule has 1 aromatic rings. The fourth-order valence-electron chi connectivity index (χ4n) is 2.13. The highest BCUT2D eigenvalue weighted by atomic mass is 16.2. The number of carbonyl (C=O) groups excluding carboxylic acids is 2. The van der Waals surface area contributed by atoms with Crippen LogP contribution in [0.15, 0.2) is 18.3 Å². The Morgan fingerprint density at radius 1 is 1.35 bits per heavy atom. The standard InChI is InChI=1S/C12H15N3O2/c1-12(2,7-13-3)15-10(16)8-5-4-6-14-9(8)11(15)17/h4-6,13H,7H2,1-3H3. The van der Waals surface area contributed by atoms with Crippen LogP contribution in [0.1, 0.15) is 34.7 Å². The molecule has 1 aromatic heterocycles. The molecule has 90 valence electrons. The molecule has 0 fully saturated rings. The third kappa shape index (κ3) is 1.72. The van der Waals surface area contributed by atoms with Crippen molar-refractivity contribution in [3.63, 3.8) is 0 Å². The largest absolute Gasteiger partial charge is 0.317 e. The number of carbonyl (C=O) groups is 2. The summed E-state index contributed by atoms with van der Waals surface area (Å²) in [6.45, 7) is 4.24. The van der Waals surface area contributed by atoms with Crippen molar-refractivity contribution in [3.8, 4) is 0 Å². The van der Waals surface area contributed by atoms with E-state index < -0.39 is 5.54 Å². The number of amides is 2. The lowest BCUT2D eigenvalue weighted by atomic mass is 10.0. The monoisotopic (exact) mass is 233 g/mol. The Balaban J connectivity index is 2.43. The summed E-state index contributed by atoms with van der Waals surface area (Å²) in [6.07, 6.45) is 1.53. The van der Waals surface area contributed by atoms with E-state index >= 15 is 0 Å². The van der Waals surface area contributed by atoms with Gasteiger partial charge in [0.1, 0.15) is 5.69 Å². The van der Waals surface area contributed by atoms with E-state index in [1.54, 1.807) is 19.2 Å². The van der Waals surface area contributed by atoms with Crippen molar-refractivity contribution in [3.05, 3.63) is 29.6 Å². The van der Waals surface area contributed by atoms with Crippen molar-refractivity contribution in [2.24, 2.45) is 0 Å². The van der Waals surface area contributed by atoms with E-state index in [-0.39, 0.29) is 17.5 Å². The summed E-state index contributed by atoms with van der Waals surface area (Å²) in [6, 6.07) is 3.30. The van der Waals surface area contributed by atoms with Gasteiger partial charge in [-0.25, -0.2) is 0 Å². The van der Waals surface area contributed by atoms with Gasteiger partial charge in [0.25, 0.3) is 11.8 Å². The molecule has 2 amide bonds. The maximum absolute atomic E-state index is 12.2. The second kappa shape index (κ2) is 3.92. The maximum atomic E-state index is 12.2. The van der Waals surface area contributed by atoms with Gasteiger partial charge in [0.15, 0.2) is 0 Å². The Morgan fingerprint density at radius 2 is 2.06 bits per heavy atom. The van der Waals surface area contributed by atoms with Crippen LogP contribution < -0.4 is 5.32 Å². The lowest BCUT2D eigenvalue weighted by Gasteiger charge is -2.33. The number of hydrogen-bond donors (Lipinski definition) is 1. The molecule has 1 N–H and O–H groups in total. The summed E-state index contributed by atoms with van der Waals surface area (Å²) in [7, 11) is 1.79. The minimum atomic E-state index is -0.566. The van der Waals surface area contributed by atoms with Gasteiger partial charge in [0, 0.05) is 12.7 Å². The number of rotatable bonds is 3. The van der Waals surface area contributed by atoms with Crippen LogP contribution in [0.25, 0.3) is 0 Å². The molecule has 5 nitrogen and oxygen atoms in total. The molecule has 1 aliphatic rings. The summed E-state index contributed by atoms with van der Waals surface area (Å²) >= 11 is 0. The lowest BCUT2D eigenvalue weighted by molar-refractivity contribution is 0.0481. The van der Waals surface area contributed by atoms with Gasteiger partial charge in [-0.2, -0.15) is 0 Å². The second-order valence-electron chi connectivity index (χ2n) is 4.69. The number of likely N-dealkylation sites (N-methyl/N-ethyl adjacent to an activating group) is 1. The average Bonchev–Trinajstić information content (AvgIpc) is 2.53. The Morgan fingerprint density at radius 3 is 2.65 bits per heavy atom. The number of aromatic nitrogens is 1. The number of nitrogens with one attached hydrogen (secondary N) is 1. The van der Waals surface area contributed by atoms with Gasteiger partial charge in [-0.1, -0.05) is 0 Å². The van der Waals surface area contributed by atoms with Gasteiger partial charge >= 0.3 is 0 Å². The van der Waals surface area contributed by atoms with E-state index in [4.69, 9.17) is 0 Å². The van der Waals surface area contributed by atoms with Crippen molar-refractivity contribution in [2.75, 3.05) is 13.6 Å². The van der Waals surface area contributed by atoms with E-state index in [0.29, 0.717) is 12.1 Å². The topological polar surface area (TPSA) is 62.3 Å². The molecule has 17 heavy (non-hydrogen) atoms. The molecule has 0 atom stereocenters. The third-order valence-corrected chi connectivity index (χ3v) is 2.86. The highest BCUT2D eigenvalue weighted by molar-refractivity contribution is 6.20. The number of nitrogens with zero attached hydrogens (tertiary/aromatic N) is 2. The van der Waals surface area contributed by atoms with Gasteiger partial charge in [0.05, 0.1) is 11.1 Å². The fraction of sp³-hybridized carbons (Fsp3) is 0.417. The predicted molar refractivity (Wildman–Crippen MR) is 62.7 cm³/mol. The smallest absolute Gasteiger partial charge is 0.280 e. The normalized spacial score (nSPS) is 15.4. The van der Waals surface area contributed by atoms with Crippen LogP contribution >= 0.6 is 0 Å². The minimum Gasteiger partial charge on any atom is -0.317 e. The zero-order valence-electron chi connectivity index (χ0n) is 10.2. The molecule has 0 saturated carbocycles. The first kappa shape index (κ1) is 11.7. The van der Waals surface area contributed by atoms with E-state index in [2.05, 4.69) is 10.3 Å². The summed E-state index contributed by atoms with van der Waals surface area (Å²) in [4.78, 5) is 29.6. The van der Waals surface area contributed by atoms with E-state index in [9.17, 15) is 9.59 Å².